The van der Waals surface area contributed by atoms with Crippen LogP contribution in [0.1, 0.15) is 11.1 Å². The van der Waals surface area contributed by atoms with Crippen LogP contribution >= 0.6 is 0 Å². The maximum Gasteiger partial charge on any atom is 0.416 e. The summed E-state index contributed by atoms with van der Waals surface area (Å²) in [5.41, 5.74) is -0.544. The number of piperazine rings is 1. The molecule has 1 aromatic carbocycles. The maximum atomic E-state index is 13.1. The quantitative estimate of drug-likeness (QED) is 0.912. The average molecular weight is 352 g/mol. The summed E-state index contributed by atoms with van der Waals surface area (Å²) in [6, 6.07) is 6.56. The molecule has 0 radical (unpaired) electrons. The molecule has 1 amide bonds. The molecular formula is C16H15F3N4O2. The Labute approximate surface area is 140 Å². The van der Waals surface area contributed by atoms with Crippen LogP contribution < -0.4 is 10.5 Å². The summed E-state index contributed by atoms with van der Waals surface area (Å²) in [5.74, 6) is -0.302. The van der Waals surface area contributed by atoms with E-state index in [0.29, 0.717) is 12.2 Å². The number of nitrogens with one attached hydrogen (secondary N) is 1. The number of rotatable bonds is 3. The topological polar surface area (TPSA) is 69.3 Å². The highest BCUT2D eigenvalue weighted by Crippen LogP contribution is 2.32. The monoisotopic (exact) mass is 352 g/mol. The Morgan fingerprint density at radius 3 is 2.60 bits per heavy atom. The van der Waals surface area contributed by atoms with Crippen LogP contribution in [0.2, 0.25) is 0 Å². The number of anilines is 1. The first-order valence-electron chi connectivity index (χ1n) is 7.57. The average Bonchev–Trinajstić information content (AvgIpc) is 2.56. The second-order valence-corrected chi connectivity index (χ2v) is 5.70. The highest BCUT2D eigenvalue weighted by molar-refractivity contribution is 5.82. The molecule has 0 aliphatic carbocycles. The van der Waals surface area contributed by atoms with E-state index in [9.17, 15) is 22.8 Å². The summed E-state index contributed by atoms with van der Waals surface area (Å²) in [4.78, 5) is 26.7. The number of carbonyl (C=O) groups is 1. The largest absolute Gasteiger partial charge is 0.416 e. The minimum Gasteiger partial charge on any atom is -0.359 e. The van der Waals surface area contributed by atoms with Gasteiger partial charge in [0.1, 0.15) is 0 Å². The number of halogens is 3. The van der Waals surface area contributed by atoms with Crippen molar-refractivity contribution in [3.05, 3.63) is 58.0 Å². The lowest BCUT2D eigenvalue weighted by Gasteiger charge is -2.35. The van der Waals surface area contributed by atoms with E-state index in [0.717, 1.165) is 6.07 Å². The second-order valence-electron chi connectivity index (χ2n) is 5.70. The zero-order valence-electron chi connectivity index (χ0n) is 13.1. The first-order chi connectivity index (χ1) is 11.8. The van der Waals surface area contributed by atoms with Crippen LogP contribution in [0.25, 0.3) is 0 Å². The highest BCUT2D eigenvalue weighted by atomic mass is 19.4. The number of hydrogen-bond acceptors (Lipinski definition) is 4. The number of hydrogen-bond donors (Lipinski definition) is 1. The smallest absolute Gasteiger partial charge is 0.359 e. The fourth-order valence-electron chi connectivity index (χ4n) is 2.78. The molecular weight excluding hydrogens is 337 g/mol. The molecule has 1 aliphatic rings. The van der Waals surface area contributed by atoms with Crippen molar-refractivity contribution in [3.8, 4) is 0 Å². The molecule has 0 bridgehead atoms. The molecule has 0 spiro atoms. The third kappa shape index (κ3) is 3.81. The molecule has 2 aromatic rings. The van der Waals surface area contributed by atoms with Crippen molar-refractivity contribution in [3.63, 3.8) is 0 Å². The van der Waals surface area contributed by atoms with Gasteiger partial charge in [-0.15, -0.1) is 0 Å². The van der Waals surface area contributed by atoms with Gasteiger partial charge in [-0.05, 0) is 11.6 Å². The van der Waals surface area contributed by atoms with E-state index in [2.05, 4.69) is 10.2 Å². The molecule has 9 heteroatoms. The number of alkyl halides is 3. The van der Waals surface area contributed by atoms with E-state index in [-0.39, 0.29) is 36.7 Å². The maximum absolute atomic E-state index is 13.1. The normalized spacial score (nSPS) is 15.6. The van der Waals surface area contributed by atoms with E-state index in [1.807, 2.05) is 0 Å². The standard InChI is InChI=1S/C16H15F3N4O2/c17-16(18,19)13-4-2-1-3-11(13)9-23-6-5-22(10-15(23)25)12-7-14(24)21-20-8-12/h1-4,7-8H,5-6,9-10H2,(H,21,24). The van der Waals surface area contributed by atoms with Crippen molar-refractivity contribution in [1.29, 1.82) is 0 Å². The van der Waals surface area contributed by atoms with Gasteiger partial charge < -0.3 is 9.80 Å². The van der Waals surface area contributed by atoms with Crippen LogP contribution in [0, 0.1) is 0 Å². The predicted octanol–water partition coefficient (Wildman–Crippen LogP) is 1.64. The highest BCUT2D eigenvalue weighted by Gasteiger charge is 2.34. The van der Waals surface area contributed by atoms with Gasteiger partial charge in [0, 0.05) is 25.7 Å². The molecule has 1 N–H and O–H groups in total. The molecule has 1 aliphatic heterocycles. The summed E-state index contributed by atoms with van der Waals surface area (Å²) >= 11 is 0. The van der Waals surface area contributed by atoms with Gasteiger partial charge in [-0.25, -0.2) is 5.10 Å². The van der Waals surface area contributed by atoms with Crippen molar-refractivity contribution in [2.24, 2.45) is 0 Å². The number of carbonyl (C=O) groups excluding carboxylic acids is 1. The third-order valence-electron chi connectivity index (χ3n) is 4.02. The van der Waals surface area contributed by atoms with Gasteiger partial charge >= 0.3 is 6.18 Å². The van der Waals surface area contributed by atoms with Crippen molar-refractivity contribution in [2.45, 2.75) is 12.7 Å². The molecule has 1 fully saturated rings. The number of aromatic amines is 1. The van der Waals surface area contributed by atoms with E-state index >= 15 is 0 Å². The van der Waals surface area contributed by atoms with Gasteiger partial charge in [0.2, 0.25) is 5.91 Å². The molecule has 6 nitrogen and oxygen atoms in total. The fourth-order valence-corrected chi connectivity index (χ4v) is 2.78. The number of aromatic nitrogens is 2. The Hall–Kier alpha value is -2.84. The Morgan fingerprint density at radius 2 is 1.92 bits per heavy atom. The van der Waals surface area contributed by atoms with Gasteiger partial charge in [-0.2, -0.15) is 18.3 Å². The van der Waals surface area contributed by atoms with Gasteiger partial charge in [0.15, 0.2) is 0 Å². The Morgan fingerprint density at radius 1 is 1.16 bits per heavy atom. The predicted molar refractivity (Wildman–Crippen MR) is 83.9 cm³/mol. The molecule has 2 heterocycles. The van der Waals surface area contributed by atoms with Crippen molar-refractivity contribution < 1.29 is 18.0 Å². The Balaban J connectivity index is 1.73. The number of nitrogens with zero attached hydrogens (tertiary/aromatic N) is 3. The summed E-state index contributed by atoms with van der Waals surface area (Å²) in [6.45, 7) is 0.554. The zero-order chi connectivity index (χ0) is 18.0. The molecule has 132 valence electrons. The minimum absolute atomic E-state index is 0.0146. The second kappa shape index (κ2) is 6.58. The SMILES string of the molecule is O=C1CN(c2cn[nH]c(=O)c2)CCN1Cc1ccccc1C(F)(F)F. The molecule has 1 aromatic heterocycles. The van der Waals surface area contributed by atoms with Gasteiger partial charge in [0.25, 0.3) is 5.56 Å². The van der Waals surface area contributed by atoms with Crippen LogP contribution in [0.4, 0.5) is 18.9 Å². The van der Waals surface area contributed by atoms with E-state index in [1.54, 1.807) is 4.90 Å². The molecule has 1 saturated heterocycles. The fraction of sp³-hybridized carbons (Fsp3) is 0.312. The number of benzene rings is 1. The van der Waals surface area contributed by atoms with Crippen LogP contribution in [0.3, 0.4) is 0 Å². The van der Waals surface area contributed by atoms with Crippen molar-refractivity contribution in [1.82, 2.24) is 15.1 Å². The van der Waals surface area contributed by atoms with Gasteiger partial charge in [0.05, 0.1) is 24.0 Å². The first kappa shape index (κ1) is 17.0. The Bertz CT molecular complexity index is 834. The van der Waals surface area contributed by atoms with Crippen molar-refractivity contribution in [2.75, 3.05) is 24.5 Å². The lowest BCUT2D eigenvalue weighted by molar-refractivity contribution is -0.140. The minimum atomic E-state index is -4.46. The summed E-state index contributed by atoms with van der Waals surface area (Å²) in [7, 11) is 0. The van der Waals surface area contributed by atoms with Crippen LogP contribution in [-0.4, -0.2) is 40.6 Å². The van der Waals surface area contributed by atoms with Crippen LogP contribution in [0.5, 0.6) is 0 Å². The van der Waals surface area contributed by atoms with E-state index in [1.165, 1.54) is 35.4 Å². The number of H-pyrrole nitrogens is 1. The van der Waals surface area contributed by atoms with Crippen LogP contribution in [0.15, 0.2) is 41.3 Å². The van der Waals surface area contributed by atoms with E-state index in [4.69, 9.17) is 0 Å². The molecule has 0 unspecified atom stereocenters. The van der Waals surface area contributed by atoms with Crippen LogP contribution in [-0.2, 0) is 17.5 Å². The summed E-state index contributed by atoms with van der Waals surface area (Å²) < 4.78 is 39.2. The van der Waals surface area contributed by atoms with Gasteiger partial charge in [-0.1, -0.05) is 18.2 Å². The Kier molecular flexibility index (Phi) is 4.47. The summed E-state index contributed by atoms with van der Waals surface area (Å²) in [5, 5.41) is 5.93. The number of amides is 1. The van der Waals surface area contributed by atoms with Crippen molar-refractivity contribution >= 4 is 11.6 Å². The summed E-state index contributed by atoms with van der Waals surface area (Å²) in [6.07, 6.45) is -3.03. The van der Waals surface area contributed by atoms with E-state index < -0.39 is 11.7 Å². The third-order valence-corrected chi connectivity index (χ3v) is 4.02. The molecule has 0 atom stereocenters. The van der Waals surface area contributed by atoms with Gasteiger partial charge in [-0.3, -0.25) is 9.59 Å². The first-order valence-corrected chi connectivity index (χ1v) is 7.57. The lowest BCUT2D eigenvalue weighted by atomic mass is 10.1. The lowest BCUT2D eigenvalue weighted by Crippen LogP contribution is -2.50. The molecule has 3 rings (SSSR count). The zero-order valence-corrected chi connectivity index (χ0v) is 13.1. The molecule has 0 saturated carbocycles. The molecule has 25 heavy (non-hydrogen) atoms.